The summed E-state index contributed by atoms with van der Waals surface area (Å²) in [6.45, 7) is 1.32. The lowest BCUT2D eigenvalue weighted by molar-refractivity contribution is -0.00157. The van der Waals surface area contributed by atoms with Gasteiger partial charge in [-0.2, -0.15) is 4.98 Å². The van der Waals surface area contributed by atoms with E-state index < -0.39 is 0 Å². The number of fused-ring (bicyclic) bond motifs is 2. The summed E-state index contributed by atoms with van der Waals surface area (Å²) in [5, 5.41) is 5.64. The van der Waals surface area contributed by atoms with Gasteiger partial charge in [0.05, 0.1) is 24.8 Å². The maximum Gasteiger partial charge on any atom is 0.224 e. The minimum Gasteiger partial charge on any atom is -0.382 e. The monoisotopic (exact) mass is 417 g/mol. The Labute approximate surface area is 181 Å². The van der Waals surface area contributed by atoms with Crippen LogP contribution in [0.15, 0.2) is 48.9 Å². The molecular formula is C24H27N5O2. The van der Waals surface area contributed by atoms with Gasteiger partial charge in [-0.1, -0.05) is 12.1 Å². The van der Waals surface area contributed by atoms with E-state index >= 15 is 0 Å². The van der Waals surface area contributed by atoms with Crippen molar-refractivity contribution >= 4 is 27.9 Å². The molecule has 1 aliphatic carbocycles. The normalized spacial score (nSPS) is 19.1. The highest BCUT2D eigenvalue weighted by atomic mass is 16.5. The van der Waals surface area contributed by atoms with Crippen LogP contribution in [0, 0.1) is 0 Å². The Bertz CT molecular complexity index is 1170. The van der Waals surface area contributed by atoms with Gasteiger partial charge in [-0.25, -0.2) is 4.98 Å². The van der Waals surface area contributed by atoms with E-state index in [-0.39, 0.29) is 0 Å². The molecule has 0 saturated heterocycles. The first-order valence-corrected chi connectivity index (χ1v) is 10.9. The summed E-state index contributed by atoms with van der Waals surface area (Å²) in [6, 6.07) is 10.7. The van der Waals surface area contributed by atoms with Crippen molar-refractivity contribution in [3.8, 4) is 11.1 Å². The molecule has 0 radical (unpaired) electrons. The van der Waals surface area contributed by atoms with E-state index in [0.29, 0.717) is 31.3 Å². The summed E-state index contributed by atoms with van der Waals surface area (Å²) >= 11 is 0. The van der Waals surface area contributed by atoms with Crippen LogP contribution >= 0.6 is 0 Å². The van der Waals surface area contributed by atoms with E-state index in [0.717, 1.165) is 58.7 Å². The molecule has 0 atom stereocenters. The Hall–Kier alpha value is -3.03. The molecule has 31 heavy (non-hydrogen) atoms. The van der Waals surface area contributed by atoms with Crippen LogP contribution in [0.5, 0.6) is 0 Å². The molecule has 0 unspecified atom stereocenters. The van der Waals surface area contributed by atoms with Crippen molar-refractivity contribution in [3.05, 3.63) is 48.9 Å². The van der Waals surface area contributed by atoms with Crippen molar-refractivity contribution in [2.24, 2.45) is 0 Å². The van der Waals surface area contributed by atoms with E-state index in [2.05, 4.69) is 44.5 Å². The highest BCUT2D eigenvalue weighted by Crippen LogP contribution is 2.30. The quantitative estimate of drug-likeness (QED) is 0.429. The average molecular weight is 418 g/mol. The molecular weight excluding hydrogens is 390 g/mol. The number of nitrogens with zero attached hydrogens (tertiary/aromatic N) is 3. The van der Waals surface area contributed by atoms with E-state index in [9.17, 15) is 0 Å². The summed E-state index contributed by atoms with van der Waals surface area (Å²) in [7, 11) is 1.70. The van der Waals surface area contributed by atoms with Gasteiger partial charge in [0.15, 0.2) is 0 Å². The van der Waals surface area contributed by atoms with Crippen molar-refractivity contribution in [1.29, 1.82) is 0 Å². The van der Waals surface area contributed by atoms with Crippen LogP contribution in [0.1, 0.15) is 25.7 Å². The lowest BCUT2D eigenvalue weighted by Gasteiger charge is -2.29. The molecule has 1 aliphatic rings. The number of anilines is 1. The molecule has 0 aliphatic heterocycles. The molecule has 0 spiro atoms. The smallest absolute Gasteiger partial charge is 0.224 e. The van der Waals surface area contributed by atoms with Crippen LogP contribution in [0.25, 0.3) is 33.1 Å². The number of aromatic amines is 1. The minimum atomic E-state index is 0.333. The number of hydrogen-bond acceptors (Lipinski definition) is 6. The molecule has 1 saturated carbocycles. The maximum atomic E-state index is 5.86. The molecule has 2 N–H and O–H groups in total. The maximum absolute atomic E-state index is 5.86. The molecule has 0 amide bonds. The summed E-state index contributed by atoms with van der Waals surface area (Å²) in [4.78, 5) is 17.0. The molecule has 1 aromatic carbocycles. The lowest BCUT2D eigenvalue weighted by atomic mass is 9.93. The molecule has 160 valence electrons. The first-order chi connectivity index (χ1) is 15.3. The van der Waals surface area contributed by atoms with Crippen molar-refractivity contribution in [2.45, 2.75) is 37.8 Å². The second-order valence-electron chi connectivity index (χ2n) is 8.05. The third-order valence-electron chi connectivity index (χ3n) is 5.99. The first kappa shape index (κ1) is 19.9. The molecule has 0 bridgehead atoms. The lowest BCUT2D eigenvalue weighted by Crippen LogP contribution is -2.31. The molecule has 7 nitrogen and oxygen atoms in total. The van der Waals surface area contributed by atoms with Crippen LogP contribution in [-0.4, -0.2) is 52.4 Å². The van der Waals surface area contributed by atoms with Crippen molar-refractivity contribution in [3.63, 3.8) is 0 Å². The zero-order chi connectivity index (χ0) is 21.0. The number of hydrogen-bond donors (Lipinski definition) is 2. The van der Waals surface area contributed by atoms with E-state index in [1.807, 2.05) is 24.7 Å². The minimum absolute atomic E-state index is 0.333. The van der Waals surface area contributed by atoms with Gasteiger partial charge in [0.1, 0.15) is 5.65 Å². The number of H-pyrrole nitrogens is 1. The van der Waals surface area contributed by atoms with Crippen LogP contribution < -0.4 is 5.32 Å². The summed E-state index contributed by atoms with van der Waals surface area (Å²) in [6.07, 6.45) is 10.3. The molecule has 4 aromatic rings. The van der Waals surface area contributed by atoms with E-state index in [1.165, 1.54) is 0 Å². The van der Waals surface area contributed by atoms with E-state index in [1.54, 1.807) is 7.11 Å². The molecule has 7 heteroatoms. The summed E-state index contributed by atoms with van der Waals surface area (Å²) < 4.78 is 10.9. The highest BCUT2D eigenvalue weighted by Gasteiger charge is 2.22. The third kappa shape index (κ3) is 4.38. The van der Waals surface area contributed by atoms with E-state index in [4.69, 9.17) is 14.5 Å². The Morgan fingerprint density at radius 2 is 2.00 bits per heavy atom. The zero-order valence-corrected chi connectivity index (χ0v) is 17.7. The summed E-state index contributed by atoms with van der Waals surface area (Å²) in [5.41, 5.74) is 4.06. The molecule has 1 fully saturated rings. The van der Waals surface area contributed by atoms with Crippen LogP contribution in [0.3, 0.4) is 0 Å². The number of methoxy groups -OCH3 is 1. The number of rotatable bonds is 7. The fourth-order valence-electron chi connectivity index (χ4n) is 4.31. The Kier molecular flexibility index (Phi) is 5.78. The molecule has 3 aromatic heterocycles. The standard InChI is InChI=1S/C24H27N5O2/c1-30-11-12-31-19-7-5-18(6-8-19)28-24-27-15-21-20(14-26-23(21)29-24)16-4-9-22-17(13-16)3-2-10-25-22/h2-4,9-10,13-15,18-19H,5-8,11-12H2,1H3,(H2,26,27,28,29)/t18-,19+. The van der Waals surface area contributed by atoms with Gasteiger partial charge in [0, 0.05) is 48.1 Å². The third-order valence-corrected chi connectivity index (χ3v) is 5.99. The number of aromatic nitrogens is 4. The number of pyridine rings is 1. The predicted molar refractivity (Wildman–Crippen MR) is 122 cm³/mol. The highest BCUT2D eigenvalue weighted by molar-refractivity contribution is 5.96. The molecule has 3 heterocycles. The topological polar surface area (TPSA) is 85.0 Å². The van der Waals surface area contributed by atoms with Gasteiger partial charge >= 0.3 is 0 Å². The van der Waals surface area contributed by atoms with Crippen LogP contribution in [0.4, 0.5) is 5.95 Å². The van der Waals surface area contributed by atoms with Crippen molar-refractivity contribution in [1.82, 2.24) is 19.9 Å². The molecule has 5 rings (SSSR count). The van der Waals surface area contributed by atoms with Gasteiger partial charge in [-0.05, 0) is 49.4 Å². The van der Waals surface area contributed by atoms with Gasteiger partial charge in [0.25, 0.3) is 0 Å². The number of ether oxygens (including phenoxy) is 2. The average Bonchev–Trinajstić information content (AvgIpc) is 3.23. The number of nitrogens with one attached hydrogen (secondary N) is 2. The fourth-order valence-corrected chi connectivity index (χ4v) is 4.31. The van der Waals surface area contributed by atoms with Gasteiger partial charge in [0.2, 0.25) is 5.95 Å². The fraction of sp³-hybridized carbons (Fsp3) is 0.375. The van der Waals surface area contributed by atoms with Crippen molar-refractivity contribution < 1.29 is 9.47 Å². The largest absolute Gasteiger partial charge is 0.382 e. The summed E-state index contributed by atoms with van der Waals surface area (Å²) in [5.74, 6) is 0.673. The predicted octanol–water partition coefficient (Wildman–Crippen LogP) is 4.56. The van der Waals surface area contributed by atoms with Crippen LogP contribution in [-0.2, 0) is 9.47 Å². The first-order valence-electron chi connectivity index (χ1n) is 10.9. The van der Waals surface area contributed by atoms with Crippen molar-refractivity contribution in [2.75, 3.05) is 25.6 Å². The Morgan fingerprint density at radius 3 is 2.87 bits per heavy atom. The second-order valence-corrected chi connectivity index (χ2v) is 8.05. The second kappa shape index (κ2) is 8.99. The van der Waals surface area contributed by atoms with Gasteiger partial charge < -0.3 is 19.8 Å². The number of benzene rings is 1. The van der Waals surface area contributed by atoms with Crippen LogP contribution in [0.2, 0.25) is 0 Å². The Balaban J connectivity index is 1.27. The SMILES string of the molecule is COCCO[C@H]1CC[C@@H](Nc2ncc3c(-c4ccc5ncccc5c4)c[nH]c3n2)CC1. The van der Waals surface area contributed by atoms with Gasteiger partial charge in [-0.15, -0.1) is 0 Å². The Morgan fingerprint density at radius 1 is 1.10 bits per heavy atom. The zero-order valence-electron chi connectivity index (χ0n) is 17.7. The van der Waals surface area contributed by atoms with Gasteiger partial charge in [-0.3, -0.25) is 4.98 Å².